The van der Waals surface area contributed by atoms with Crippen LogP contribution in [-0.4, -0.2) is 55.6 Å². The minimum Gasteiger partial charge on any atom is -0.379 e. The van der Waals surface area contributed by atoms with Crippen LogP contribution in [0.2, 0.25) is 0 Å². The molecule has 2 aliphatic rings. The van der Waals surface area contributed by atoms with Crippen LogP contribution < -0.4 is 16.4 Å². The van der Waals surface area contributed by atoms with E-state index in [0.717, 1.165) is 32.4 Å². The Balaban J connectivity index is 1.53. The van der Waals surface area contributed by atoms with E-state index in [1.165, 1.54) is 18.2 Å². The Kier molecular flexibility index (Phi) is 7.36. The lowest BCUT2D eigenvalue weighted by Crippen LogP contribution is -2.38. The van der Waals surface area contributed by atoms with Crippen molar-refractivity contribution in [2.24, 2.45) is 11.7 Å². The third kappa shape index (κ3) is 5.98. The minimum atomic E-state index is -0.530. The molecule has 1 aliphatic carbocycles. The molecule has 1 heterocycles. The van der Waals surface area contributed by atoms with E-state index >= 15 is 0 Å². The monoisotopic (exact) mass is 392 g/mol. The van der Waals surface area contributed by atoms with Gasteiger partial charge in [-0.25, -0.2) is 4.39 Å². The Hall–Kier alpha value is -2.03. The third-order valence-corrected chi connectivity index (χ3v) is 5.35. The van der Waals surface area contributed by atoms with Gasteiger partial charge in [0.15, 0.2) is 0 Å². The van der Waals surface area contributed by atoms with Crippen LogP contribution in [0.15, 0.2) is 18.2 Å². The first-order chi connectivity index (χ1) is 13.5. The lowest BCUT2D eigenvalue weighted by Gasteiger charge is -2.26. The van der Waals surface area contributed by atoms with Crippen molar-refractivity contribution in [3.63, 3.8) is 0 Å². The standard InChI is InChI=1S/C20H29FN4O3/c21-17-5-4-16(23-20(27)14-2-1-3-15(22)12-14)13-18(17)24-19(26)6-7-25-8-10-28-11-9-25/h4-5,13-15H,1-3,6-12,22H2,(H,23,27)(H,24,26). The summed E-state index contributed by atoms with van der Waals surface area (Å²) in [6, 6.07) is 4.26. The normalized spacial score (nSPS) is 23.2. The zero-order valence-electron chi connectivity index (χ0n) is 16.1. The van der Waals surface area contributed by atoms with Gasteiger partial charge in [-0.05, 0) is 37.5 Å². The fraction of sp³-hybridized carbons (Fsp3) is 0.600. The molecule has 2 unspecified atom stereocenters. The molecule has 2 fully saturated rings. The maximum atomic E-state index is 14.1. The third-order valence-electron chi connectivity index (χ3n) is 5.35. The second-order valence-electron chi connectivity index (χ2n) is 7.56. The molecule has 8 heteroatoms. The quantitative estimate of drug-likeness (QED) is 0.688. The average Bonchev–Trinajstić information content (AvgIpc) is 2.70. The number of halogens is 1. The number of carbonyl (C=O) groups excluding carboxylic acids is 2. The highest BCUT2D eigenvalue weighted by atomic mass is 19.1. The van der Waals surface area contributed by atoms with Crippen LogP contribution in [0.25, 0.3) is 0 Å². The molecule has 0 bridgehead atoms. The van der Waals surface area contributed by atoms with E-state index < -0.39 is 5.82 Å². The molecule has 2 amide bonds. The first kappa shape index (κ1) is 20.7. The van der Waals surface area contributed by atoms with Crippen LogP contribution in [0.4, 0.5) is 15.8 Å². The second kappa shape index (κ2) is 9.95. The summed E-state index contributed by atoms with van der Waals surface area (Å²) in [4.78, 5) is 26.8. The van der Waals surface area contributed by atoms with Crippen LogP contribution in [-0.2, 0) is 14.3 Å². The zero-order valence-corrected chi connectivity index (χ0v) is 16.1. The number of nitrogens with two attached hydrogens (primary N) is 1. The number of hydrogen-bond donors (Lipinski definition) is 3. The van der Waals surface area contributed by atoms with Crippen molar-refractivity contribution < 1.29 is 18.7 Å². The molecule has 1 aliphatic heterocycles. The van der Waals surface area contributed by atoms with Gasteiger partial charge in [0.25, 0.3) is 0 Å². The molecule has 1 aromatic rings. The first-order valence-corrected chi connectivity index (χ1v) is 9.97. The Morgan fingerprint density at radius 1 is 1.21 bits per heavy atom. The fourth-order valence-electron chi connectivity index (χ4n) is 3.71. The van der Waals surface area contributed by atoms with Gasteiger partial charge >= 0.3 is 0 Å². The van der Waals surface area contributed by atoms with Crippen molar-refractivity contribution in [1.29, 1.82) is 0 Å². The van der Waals surface area contributed by atoms with Crippen molar-refractivity contribution in [3.05, 3.63) is 24.0 Å². The van der Waals surface area contributed by atoms with E-state index in [1.807, 2.05) is 0 Å². The van der Waals surface area contributed by atoms with Crippen molar-refractivity contribution in [1.82, 2.24) is 4.90 Å². The van der Waals surface area contributed by atoms with E-state index in [0.29, 0.717) is 31.9 Å². The Morgan fingerprint density at radius 2 is 2.00 bits per heavy atom. The molecular weight excluding hydrogens is 363 g/mol. The molecule has 28 heavy (non-hydrogen) atoms. The number of anilines is 2. The van der Waals surface area contributed by atoms with Gasteiger partial charge in [-0.15, -0.1) is 0 Å². The number of hydrogen-bond acceptors (Lipinski definition) is 5. The molecule has 4 N–H and O–H groups in total. The van der Waals surface area contributed by atoms with Crippen LogP contribution >= 0.6 is 0 Å². The SMILES string of the molecule is NC1CCCC(C(=O)Nc2ccc(F)c(NC(=O)CCN3CCOCC3)c2)C1. The topological polar surface area (TPSA) is 96.7 Å². The molecule has 0 spiro atoms. The summed E-state index contributed by atoms with van der Waals surface area (Å²) in [6.45, 7) is 3.55. The number of nitrogens with one attached hydrogen (secondary N) is 2. The maximum Gasteiger partial charge on any atom is 0.227 e. The minimum absolute atomic E-state index is 0.0547. The number of benzene rings is 1. The van der Waals surface area contributed by atoms with Crippen LogP contribution in [0.5, 0.6) is 0 Å². The molecule has 2 atom stereocenters. The molecular formula is C20H29FN4O3. The summed E-state index contributed by atoms with van der Waals surface area (Å²) in [7, 11) is 0. The molecule has 7 nitrogen and oxygen atoms in total. The van der Waals surface area contributed by atoms with Gasteiger partial charge in [-0.3, -0.25) is 14.5 Å². The summed E-state index contributed by atoms with van der Waals surface area (Å²) in [5.74, 6) is -1.02. The maximum absolute atomic E-state index is 14.1. The number of carbonyl (C=O) groups is 2. The number of morpholine rings is 1. The predicted octanol–water partition coefficient (Wildman–Crippen LogP) is 1.94. The van der Waals surface area contributed by atoms with E-state index in [4.69, 9.17) is 10.5 Å². The molecule has 0 radical (unpaired) electrons. The lowest BCUT2D eigenvalue weighted by atomic mass is 9.85. The number of rotatable bonds is 6. The summed E-state index contributed by atoms with van der Waals surface area (Å²) >= 11 is 0. The van der Waals surface area contributed by atoms with Crippen LogP contribution in [0.1, 0.15) is 32.1 Å². The molecule has 1 aromatic carbocycles. The number of amides is 2. The van der Waals surface area contributed by atoms with E-state index in [2.05, 4.69) is 15.5 Å². The summed E-state index contributed by atoms with van der Waals surface area (Å²) in [5, 5.41) is 5.43. The van der Waals surface area contributed by atoms with Crippen molar-refractivity contribution >= 4 is 23.2 Å². The van der Waals surface area contributed by atoms with Crippen LogP contribution in [0.3, 0.4) is 0 Å². The van der Waals surface area contributed by atoms with Crippen LogP contribution in [0, 0.1) is 11.7 Å². The molecule has 3 rings (SSSR count). The van der Waals surface area contributed by atoms with Crippen molar-refractivity contribution in [2.45, 2.75) is 38.1 Å². The molecule has 0 aromatic heterocycles. The number of nitrogens with zero attached hydrogens (tertiary/aromatic N) is 1. The summed E-state index contributed by atoms with van der Waals surface area (Å²) < 4.78 is 19.4. The van der Waals surface area contributed by atoms with E-state index in [-0.39, 0.29) is 35.9 Å². The van der Waals surface area contributed by atoms with Gasteiger partial charge in [-0.1, -0.05) is 6.42 Å². The van der Waals surface area contributed by atoms with Gasteiger partial charge in [0.2, 0.25) is 11.8 Å². The molecule has 154 valence electrons. The largest absolute Gasteiger partial charge is 0.379 e. The second-order valence-corrected chi connectivity index (χ2v) is 7.56. The van der Waals surface area contributed by atoms with Gasteiger partial charge in [-0.2, -0.15) is 0 Å². The number of ether oxygens (including phenoxy) is 1. The summed E-state index contributed by atoms with van der Waals surface area (Å²) in [5.41, 5.74) is 6.49. The smallest absolute Gasteiger partial charge is 0.227 e. The predicted molar refractivity (Wildman–Crippen MR) is 105 cm³/mol. The lowest BCUT2D eigenvalue weighted by molar-refractivity contribution is -0.121. The molecule has 1 saturated carbocycles. The Labute approximate surface area is 164 Å². The van der Waals surface area contributed by atoms with Gasteiger partial charge in [0, 0.05) is 43.7 Å². The van der Waals surface area contributed by atoms with Gasteiger partial charge < -0.3 is 21.1 Å². The Bertz CT molecular complexity index is 694. The van der Waals surface area contributed by atoms with Crippen molar-refractivity contribution in [2.75, 3.05) is 43.5 Å². The Morgan fingerprint density at radius 3 is 2.75 bits per heavy atom. The van der Waals surface area contributed by atoms with Gasteiger partial charge in [0.1, 0.15) is 5.82 Å². The molecule has 1 saturated heterocycles. The first-order valence-electron chi connectivity index (χ1n) is 9.97. The zero-order chi connectivity index (χ0) is 19.9. The van der Waals surface area contributed by atoms with Crippen molar-refractivity contribution in [3.8, 4) is 0 Å². The highest BCUT2D eigenvalue weighted by Gasteiger charge is 2.25. The fourth-order valence-corrected chi connectivity index (χ4v) is 3.71. The summed E-state index contributed by atoms with van der Waals surface area (Å²) in [6.07, 6.45) is 3.63. The highest BCUT2D eigenvalue weighted by Crippen LogP contribution is 2.26. The van der Waals surface area contributed by atoms with Gasteiger partial charge in [0.05, 0.1) is 18.9 Å². The average molecular weight is 392 g/mol. The van der Waals surface area contributed by atoms with E-state index in [1.54, 1.807) is 0 Å². The highest BCUT2D eigenvalue weighted by molar-refractivity contribution is 5.95. The van der Waals surface area contributed by atoms with E-state index in [9.17, 15) is 14.0 Å².